The molecule has 1 atom stereocenters. The molecule has 1 unspecified atom stereocenters. The highest BCUT2D eigenvalue weighted by atomic mass is 32.2. The van der Waals surface area contributed by atoms with Crippen molar-refractivity contribution in [2.45, 2.75) is 39.7 Å². The molecule has 0 fully saturated rings. The molecule has 1 N–H and O–H groups in total. The molecular weight excluding hydrogens is 277 g/mol. The van der Waals surface area contributed by atoms with Gasteiger partial charge < -0.3 is 5.32 Å². The van der Waals surface area contributed by atoms with E-state index in [1.54, 1.807) is 13.0 Å². The fourth-order valence-corrected chi connectivity index (χ4v) is 3.08. The first kappa shape index (κ1) is 17.1. The van der Waals surface area contributed by atoms with Crippen LogP contribution in [0.4, 0.5) is 4.39 Å². The Bertz CT molecular complexity index is 529. The second kappa shape index (κ2) is 7.74. The van der Waals surface area contributed by atoms with Crippen LogP contribution in [0.15, 0.2) is 18.2 Å². The van der Waals surface area contributed by atoms with Gasteiger partial charge in [-0.15, -0.1) is 0 Å². The van der Waals surface area contributed by atoms with Crippen LogP contribution < -0.4 is 5.32 Å². The van der Waals surface area contributed by atoms with E-state index in [1.165, 1.54) is 6.07 Å². The summed E-state index contributed by atoms with van der Waals surface area (Å²) < 4.78 is 37.0. The number of halogens is 1. The van der Waals surface area contributed by atoms with Gasteiger partial charge in [-0.1, -0.05) is 26.0 Å². The molecule has 114 valence electrons. The fourth-order valence-electron chi connectivity index (χ4n) is 2.18. The maximum atomic E-state index is 14.0. The zero-order chi connectivity index (χ0) is 15.2. The van der Waals surface area contributed by atoms with Crippen molar-refractivity contribution < 1.29 is 12.8 Å². The average Bonchev–Trinajstić information content (AvgIpc) is 2.38. The predicted octanol–water partition coefficient (Wildman–Crippen LogP) is 3.00. The normalized spacial score (nSPS) is 13.4. The summed E-state index contributed by atoms with van der Waals surface area (Å²) in [5.41, 5.74) is 1.50. The Morgan fingerprint density at radius 3 is 2.55 bits per heavy atom. The molecule has 0 heterocycles. The van der Waals surface area contributed by atoms with Gasteiger partial charge in [-0.3, -0.25) is 0 Å². The van der Waals surface area contributed by atoms with Gasteiger partial charge in [0.1, 0.15) is 15.7 Å². The Hall–Kier alpha value is -0.940. The van der Waals surface area contributed by atoms with E-state index in [1.807, 2.05) is 19.9 Å². The molecule has 0 radical (unpaired) electrons. The molecule has 0 bridgehead atoms. The Morgan fingerprint density at radius 1 is 1.30 bits per heavy atom. The number of hydrogen-bond donors (Lipinski definition) is 1. The maximum absolute atomic E-state index is 14.0. The lowest BCUT2D eigenvalue weighted by atomic mass is 10.0. The van der Waals surface area contributed by atoms with Gasteiger partial charge in [0.2, 0.25) is 0 Å². The molecule has 0 saturated heterocycles. The molecule has 20 heavy (non-hydrogen) atoms. The number of nitrogens with one attached hydrogen (secondary N) is 1. The molecule has 0 aliphatic carbocycles. The van der Waals surface area contributed by atoms with Crippen LogP contribution in [-0.4, -0.2) is 26.5 Å². The standard InChI is InChI=1S/C15H24FNO2S/c1-4-17-15(7-6-10-20(18,19)5-2)13-9-8-12(3)11-14(13)16/h8-9,11,15,17H,4-7,10H2,1-3H3. The van der Waals surface area contributed by atoms with Crippen LogP contribution >= 0.6 is 0 Å². The molecule has 0 amide bonds. The van der Waals surface area contributed by atoms with Crippen LogP contribution in [0.25, 0.3) is 0 Å². The van der Waals surface area contributed by atoms with Crippen molar-refractivity contribution in [2.75, 3.05) is 18.1 Å². The minimum absolute atomic E-state index is 0.132. The molecule has 1 aromatic carbocycles. The summed E-state index contributed by atoms with van der Waals surface area (Å²) in [7, 11) is -2.95. The number of aryl methyl sites for hydroxylation is 1. The van der Waals surface area contributed by atoms with Crippen LogP contribution in [0.2, 0.25) is 0 Å². The van der Waals surface area contributed by atoms with Gasteiger partial charge in [-0.25, -0.2) is 12.8 Å². The SMILES string of the molecule is CCNC(CCCS(=O)(=O)CC)c1ccc(C)cc1F. The molecule has 0 aromatic heterocycles. The molecule has 0 saturated carbocycles. The Labute approximate surface area is 121 Å². The Morgan fingerprint density at radius 2 is 2.00 bits per heavy atom. The van der Waals surface area contributed by atoms with Gasteiger partial charge in [-0.05, 0) is 37.9 Å². The minimum Gasteiger partial charge on any atom is -0.310 e. The number of sulfone groups is 1. The lowest BCUT2D eigenvalue weighted by molar-refractivity contribution is 0.479. The molecule has 3 nitrogen and oxygen atoms in total. The summed E-state index contributed by atoms with van der Waals surface area (Å²) in [6, 6.07) is 5.05. The smallest absolute Gasteiger partial charge is 0.150 e. The van der Waals surface area contributed by atoms with Crippen LogP contribution in [-0.2, 0) is 9.84 Å². The molecular formula is C15H24FNO2S. The molecule has 0 aliphatic rings. The summed E-state index contributed by atoms with van der Waals surface area (Å²) in [4.78, 5) is 0. The lowest BCUT2D eigenvalue weighted by Gasteiger charge is -2.19. The summed E-state index contributed by atoms with van der Waals surface area (Å²) in [5.74, 6) is 0.102. The van der Waals surface area contributed by atoms with Gasteiger partial charge in [-0.2, -0.15) is 0 Å². The quantitative estimate of drug-likeness (QED) is 0.803. The molecule has 1 aromatic rings. The monoisotopic (exact) mass is 301 g/mol. The number of benzene rings is 1. The van der Waals surface area contributed by atoms with Gasteiger partial charge >= 0.3 is 0 Å². The second-order valence-corrected chi connectivity index (χ2v) is 7.49. The molecule has 5 heteroatoms. The summed E-state index contributed by atoms with van der Waals surface area (Å²) in [6.07, 6.45) is 1.16. The third kappa shape index (κ3) is 5.21. The van der Waals surface area contributed by atoms with Crippen LogP contribution in [0.5, 0.6) is 0 Å². The second-order valence-electron chi connectivity index (χ2n) is 5.01. The van der Waals surface area contributed by atoms with Crippen molar-refractivity contribution in [2.24, 2.45) is 0 Å². The van der Waals surface area contributed by atoms with Crippen LogP contribution in [0.1, 0.15) is 43.9 Å². The van der Waals surface area contributed by atoms with Crippen molar-refractivity contribution in [3.05, 3.63) is 35.1 Å². The van der Waals surface area contributed by atoms with Gasteiger partial charge in [0.15, 0.2) is 0 Å². The highest BCUT2D eigenvalue weighted by Gasteiger charge is 2.16. The largest absolute Gasteiger partial charge is 0.310 e. The first-order valence-corrected chi connectivity index (χ1v) is 8.91. The third-order valence-electron chi connectivity index (χ3n) is 3.37. The fraction of sp³-hybridized carbons (Fsp3) is 0.600. The van der Waals surface area contributed by atoms with Crippen molar-refractivity contribution in [3.63, 3.8) is 0 Å². The predicted molar refractivity (Wildman–Crippen MR) is 81.1 cm³/mol. The Kier molecular flexibility index (Phi) is 6.62. The highest BCUT2D eigenvalue weighted by molar-refractivity contribution is 7.91. The van der Waals surface area contributed by atoms with E-state index in [0.29, 0.717) is 18.4 Å². The highest BCUT2D eigenvalue weighted by Crippen LogP contribution is 2.22. The van der Waals surface area contributed by atoms with Gasteiger partial charge in [0.05, 0.1) is 5.75 Å². The van der Waals surface area contributed by atoms with Gasteiger partial charge in [0.25, 0.3) is 0 Å². The van der Waals surface area contributed by atoms with Crippen molar-refractivity contribution >= 4 is 9.84 Å². The summed E-state index contributed by atoms with van der Waals surface area (Å²) >= 11 is 0. The van der Waals surface area contributed by atoms with Crippen LogP contribution in [0.3, 0.4) is 0 Å². The van der Waals surface area contributed by atoms with E-state index in [9.17, 15) is 12.8 Å². The van der Waals surface area contributed by atoms with Crippen molar-refractivity contribution in [1.29, 1.82) is 0 Å². The topological polar surface area (TPSA) is 46.2 Å². The third-order valence-corrected chi connectivity index (χ3v) is 5.16. The molecule has 0 spiro atoms. The van der Waals surface area contributed by atoms with E-state index in [-0.39, 0.29) is 23.4 Å². The van der Waals surface area contributed by atoms with Gasteiger partial charge in [0, 0.05) is 17.4 Å². The number of rotatable bonds is 8. The first-order valence-electron chi connectivity index (χ1n) is 7.09. The maximum Gasteiger partial charge on any atom is 0.150 e. The van der Waals surface area contributed by atoms with E-state index in [4.69, 9.17) is 0 Å². The molecule has 0 aliphatic heterocycles. The van der Waals surface area contributed by atoms with E-state index in [0.717, 1.165) is 12.1 Å². The lowest BCUT2D eigenvalue weighted by Crippen LogP contribution is -2.23. The first-order chi connectivity index (χ1) is 9.39. The summed E-state index contributed by atoms with van der Waals surface area (Å²) in [5, 5.41) is 3.23. The van der Waals surface area contributed by atoms with E-state index >= 15 is 0 Å². The van der Waals surface area contributed by atoms with E-state index < -0.39 is 9.84 Å². The minimum atomic E-state index is -2.95. The zero-order valence-electron chi connectivity index (χ0n) is 12.4. The zero-order valence-corrected chi connectivity index (χ0v) is 13.3. The molecule has 1 rings (SSSR count). The van der Waals surface area contributed by atoms with Crippen molar-refractivity contribution in [1.82, 2.24) is 5.32 Å². The Balaban J connectivity index is 2.74. The number of hydrogen-bond acceptors (Lipinski definition) is 3. The van der Waals surface area contributed by atoms with E-state index in [2.05, 4.69) is 5.32 Å². The average molecular weight is 301 g/mol. The van der Waals surface area contributed by atoms with Crippen LogP contribution in [0, 0.1) is 12.7 Å². The van der Waals surface area contributed by atoms with Crippen molar-refractivity contribution in [3.8, 4) is 0 Å². The summed E-state index contributed by atoms with van der Waals surface area (Å²) in [6.45, 7) is 6.18.